The van der Waals surface area contributed by atoms with Crippen LogP contribution in [0.2, 0.25) is 0 Å². The lowest BCUT2D eigenvalue weighted by Crippen LogP contribution is -2.30. The number of ether oxygens (including phenoxy) is 2. The Hall–Kier alpha value is -3.02. The van der Waals surface area contributed by atoms with Gasteiger partial charge in [-0.3, -0.25) is 0 Å². The number of esters is 1. The van der Waals surface area contributed by atoms with Crippen molar-refractivity contribution < 1.29 is 19.1 Å². The normalized spacial score (nSPS) is 10.0. The molecule has 0 atom stereocenters. The molecule has 0 heterocycles. The molecule has 25 heavy (non-hydrogen) atoms. The minimum atomic E-state index is -0.378. The SMILES string of the molecule is CCOC(=O)c1ccc(NC(=O)NCCc2cccc(OC)c2)cc1. The summed E-state index contributed by atoms with van der Waals surface area (Å²) in [7, 11) is 1.62. The predicted molar refractivity (Wildman–Crippen MR) is 96.1 cm³/mol. The average molecular weight is 342 g/mol. The Bertz CT molecular complexity index is 714. The van der Waals surface area contributed by atoms with Crippen LogP contribution in [0.4, 0.5) is 10.5 Å². The van der Waals surface area contributed by atoms with E-state index >= 15 is 0 Å². The molecule has 0 unspecified atom stereocenters. The van der Waals surface area contributed by atoms with Gasteiger partial charge in [0.15, 0.2) is 0 Å². The van der Waals surface area contributed by atoms with Crippen LogP contribution in [0.3, 0.4) is 0 Å². The first-order valence-electron chi connectivity index (χ1n) is 8.07. The Morgan fingerprint density at radius 1 is 1.08 bits per heavy atom. The highest BCUT2D eigenvalue weighted by Gasteiger charge is 2.07. The van der Waals surface area contributed by atoms with E-state index in [4.69, 9.17) is 9.47 Å². The maximum atomic E-state index is 11.9. The van der Waals surface area contributed by atoms with Crippen molar-refractivity contribution in [2.45, 2.75) is 13.3 Å². The zero-order chi connectivity index (χ0) is 18.1. The highest BCUT2D eigenvalue weighted by Crippen LogP contribution is 2.13. The first-order chi connectivity index (χ1) is 12.1. The number of carbonyl (C=O) groups excluding carboxylic acids is 2. The lowest BCUT2D eigenvalue weighted by atomic mass is 10.1. The van der Waals surface area contributed by atoms with E-state index in [0.717, 1.165) is 11.3 Å². The number of hydrogen-bond acceptors (Lipinski definition) is 4. The van der Waals surface area contributed by atoms with Gasteiger partial charge in [-0.15, -0.1) is 0 Å². The second-order valence-corrected chi connectivity index (χ2v) is 5.28. The van der Waals surface area contributed by atoms with Gasteiger partial charge in [0, 0.05) is 12.2 Å². The number of amides is 2. The van der Waals surface area contributed by atoms with E-state index in [0.29, 0.717) is 30.8 Å². The fraction of sp³-hybridized carbons (Fsp3) is 0.263. The fourth-order valence-corrected chi connectivity index (χ4v) is 2.23. The highest BCUT2D eigenvalue weighted by molar-refractivity contribution is 5.92. The zero-order valence-corrected chi connectivity index (χ0v) is 14.4. The van der Waals surface area contributed by atoms with Gasteiger partial charge in [0.05, 0.1) is 19.3 Å². The number of rotatable bonds is 7. The fourth-order valence-electron chi connectivity index (χ4n) is 2.23. The minimum Gasteiger partial charge on any atom is -0.497 e. The van der Waals surface area contributed by atoms with E-state index in [-0.39, 0.29) is 12.0 Å². The van der Waals surface area contributed by atoms with Crippen LogP contribution in [0.1, 0.15) is 22.8 Å². The van der Waals surface area contributed by atoms with Crippen LogP contribution in [0.25, 0.3) is 0 Å². The Labute approximate surface area is 147 Å². The van der Waals surface area contributed by atoms with Crippen molar-refractivity contribution in [1.29, 1.82) is 0 Å². The molecule has 0 radical (unpaired) electrons. The number of anilines is 1. The Kier molecular flexibility index (Phi) is 6.83. The summed E-state index contributed by atoms with van der Waals surface area (Å²) >= 11 is 0. The second kappa shape index (κ2) is 9.32. The van der Waals surface area contributed by atoms with Crippen molar-refractivity contribution in [3.05, 3.63) is 59.7 Å². The minimum absolute atomic E-state index is 0.299. The molecular weight excluding hydrogens is 320 g/mol. The number of methoxy groups -OCH3 is 1. The van der Waals surface area contributed by atoms with Gasteiger partial charge in [0.2, 0.25) is 0 Å². The molecule has 0 aliphatic heterocycles. The van der Waals surface area contributed by atoms with Gasteiger partial charge >= 0.3 is 12.0 Å². The molecule has 2 rings (SSSR count). The first kappa shape index (κ1) is 18.3. The number of hydrogen-bond donors (Lipinski definition) is 2. The summed E-state index contributed by atoms with van der Waals surface area (Å²) in [6.07, 6.45) is 0.701. The molecule has 0 aromatic heterocycles. The third-order valence-corrected chi connectivity index (χ3v) is 3.49. The summed E-state index contributed by atoms with van der Waals surface area (Å²) in [5.41, 5.74) is 2.14. The van der Waals surface area contributed by atoms with Gasteiger partial charge in [-0.25, -0.2) is 9.59 Å². The van der Waals surface area contributed by atoms with E-state index in [1.807, 2.05) is 24.3 Å². The Morgan fingerprint density at radius 3 is 2.52 bits per heavy atom. The van der Waals surface area contributed by atoms with Gasteiger partial charge in [0.25, 0.3) is 0 Å². The lowest BCUT2D eigenvalue weighted by molar-refractivity contribution is 0.0526. The molecule has 2 aromatic rings. The Balaban J connectivity index is 1.79. The molecule has 6 heteroatoms. The van der Waals surface area contributed by atoms with Crippen LogP contribution < -0.4 is 15.4 Å². The monoisotopic (exact) mass is 342 g/mol. The van der Waals surface area contributed by atoms with Gasteiger partial charge in [0.1, 0.15) is 5.75 Å². The third-order valence-electron chi connectivity index (χ3n) is 3.49. The van der Waals surface area contributed by atoms with Crippen LogP contribution in [0, 0.1) is 0 Å². The number of benzene rings is 2. The van der Waals surface area contributed by atoms with E-state index in [2.05, 4.69) is 10.6 Å². The zero-order valence-electron chi connectivity index (χ0n) is 14.4. The van der Waals surface area contributed by atoms with Crippen LogP contribution >= 0.6 is 0 Å². The van der Waals surface area contributed by atoms with Gasteiger partial charge in [-0.05, 0) is 55.3 Å². The van der Waals surface area contributed by atoms with E-state index in [1.165, 1.54) is 0 Å². The summed E-state index contributed by atoms with van der Waals surface area (Å²) in [6, 6.07) is 14.0. The molecule has 0 bridgehead atoms. The van der Waals surface area contributed by atoms with Crippen molar-refractivity contribution in [2.24, 2.45) is 0 Å². The van der Waals surface area contributed by atoms with Crippen LogP contribution in [-0.4, -0.2) is 32.3 Å². The summed E-state index contributed by atoms with van der Waals surface area (Å²) in [4.78, 5) is 23.5. The van der Waals surface area contributed by atoms with Crippen LogP contribution in [0.15, 0.2) is 48.5 Å². The molecule has 0 aliphatic rings. The molecule has 0 spiro atoms. The summed E-state index contributed by atoms with van der Waals surface area (Å²) in [5, 5.41) is 5.51. The average Bonchev–Trinajstić information content (AvgIpc) is 2.62. The van der Waals surface area contributed by atoms with Crippen molar-refractivity contribution in [3.63, 3.8) is 0 Å². The summed E-state index contributed by atoms with van der Waals surface area (Å²) < 4.78 is 10.1. The molecule has 132 valence electrons. The molecule has 6 nitrogen and oxygen atoms in total. The number of nitrogens with one attached hydrogen (secondary N) is 2. The molecule has 2 amide bonds. The standard InChI is InChI=1S/C19H22N2O4/c1-3-25-18(22)15-7-9-16(10-8-15)21-19(23)20-12-11-14-5-4-6-17(13-14)24-2/h4-10,13H,3,11-12H2,1-2H3,(H2,20,21,23). The van der Waals surface area contributed by atoms with E-state index < -0.39 is 0 Å². The molecule has 0 aliphatic carbocycles. The van der Waals surface area contributed by atoms with E-state index in [9.17, 15) is 9.59 Å². The predicted octanol–water partition coefficient (Wildman–Crippen LogP) is 3.24. The van der Waals surface area contributed by atoms with E-state index in [1.54, 1.807) is 38.3 Å². The van der Waals surface area contributed by atoms with Gasteiger partial charge < -0.3 is 20.1 Å². The number of urea groups is 1. The largest absolute Gasteiger partial charge is 0.497 e. The maximum Gasteiger partial charge on any atom is 0.338 e. The van der Waals surface area contributed by atoms with Crippen LogP contribution in [-0.2, 0) is 11.2 Å². The highest BCUT2D eigenvalue weighted by atomic mass is 16.5. The molecule has 0 saturated heterocycles. The first-order valence-corrected chi connectivity index (χ1v) is 8.07. The molecule has 2 aromatic carbocycles. The maximum absolute atomic E-state index is 11.9. The van der Waals surface area contributed by atoms with Crippen molar-refractivity contribution in [1.82, 2.24) is 5.32 Å². The second-order valence-electron chi connectivity index (χ2n) is 5.28. The quantitative estimate of drug-likeness (QED) is 0.758. The molecule has 0 saturated carbocycles. The third kappa shape index (κ3) is 5.84. The Morgan fingerprint density at radius 2 is 1.84 bits per heavy atom. The summed E-state index contributed by atoms with van der Waals surface area (Å²) in [5.74, 6) is 0.417. The topological polar surface area (TPSA) is 76.7 Å². The smallest absolute Gasteiger partial charge is 0.338 e. The molecule has 2 N–H and O–H groups in total. The van der Waals surface area contributed by atoms with Crippen molar-refractivity contribution >= 4 is 17.7 Å². The lowest BCUT2D eigenvalue weighted by Gasteiger charge is -2.09. The van der Waals surface area contributed by atoms with Crippen molar-refractivity contribution in [2.75, 3.05) is 25.6 Å². The molecule has 0 fully saturated rings. The van der Waals surface area contributed by atoms with Gasteiger partial charge in [-0.1, -0.05) is 12.1 Å². The summed E-state index contributed by atoms with van der Waals surface area (Å²) in [6.45, 7) is 2.58. The molecular formula is C19H22N2O4. The van der Waals surface area contributed by atoms with Gasteiger partial charge in [-0.2, -0.15) is 0 Å². The van der Waals surface area contributed by atoms with Crippen LogP contribution in [0.5, 0.6) is 5.75 Å². The van der Waals surface area contributed by atoms with Crippen molar-refractivity contribution in [3.8, 4) is 5.75 Å². The number of carbonyl (C=O) groups is 2.